The van der Waals surface area contributed by atoms with Gasteiger partial charge in [0.2, 0.25) is 5.13 Å². The molecular weight excluding hydrogens is 378 g/mol. The molecule has 0 saturated heterocycles. The minimum atomic E-state index is -0.407. The van der Waals surface area contributed by atoms with Crippen molar-refractivity contribution in [3.8, 4) is 22.1 Å². The molecule has 0 atom stereocenters. The molecule has 10 heteroatoms. The monoisotopic (exact) mass is 393 g/mol. The van der Waals surface area contributed by atoms with Crippen LogP contribution in [0.5, 0.6) is 5.75 Å². The average Bonchev–Trinajstić information content (AvgIpc) is 3.35. The zero-order valence-corrected chi connectivity index (χ0v) is 15.8. The Morgan fingerprint density at radius 1 is 1.14 bits per heavy atom. The minimum Gasteiger partial charge on any atom is -0.497 e. The van der Waals surface area contributed by atoms with Crippen molar-refractivity contribution < 1.29 is 9.53 Å². The number of pyridine rings is 1. The molecule has 0 spiro atoms. The van der Waals surface area contributed by atoms with Crippen molar-refractivity contribution in [3.05, 3.63) is 60.0 Å². The van der Waals surface area contributed by atoms with Gasteiger partial charge in [0.25, 0.3) is 5.91 Å². The molecule has 3 aromatic heterocycles. The van der Waals surface area contributed by atoms with Crippen LogP contribution in [-0.2, 0) is 0 Å². The first-order valence-corrected chi connectivity index (χ1v) is 9.10. The van der Waals surface area contributed by atoms with E-state index in [0.29, 0.717) is 27.3 Å². The molecule has 0 fully saturated rings. The topological polar surface area (TPSA) is 108 Å². The van der Waals surface area contributed by atoms with Gasteiger partial charge in [-0.1, -0.05) is 28.7 Å². The van der Waals surface area contributed by atoms with Crippen molar-refractivity contribution >= 4 is 22.4 Å². The van der Waals surface area contributed by atoms with Gasteiger partial charge in [-0.3, -0.25) is 15.1 Å². The molecule has 0 saturated carbocycles. The zero-order valence-electron chi connectivity index (χ0n) is 15.0. The lowest BCUT2D eigenvalue weighted by Gasteiger charge is -2.05. The van der Waals surface area contributed by atoms with Crippen molar-refractivity contribution in [1.29, 1.82) is 0 Å². The summed E-state index contributed by atoms with van der Waals surface area (Å²) in [6, 6.07) is 12.9. The van der Waals surface area contributed by atoms with E-state index in [9.17, 15) is 4.79 Å². The molecule has 0 radical (unpaired) electrons. The highest BCUT2D eigenvalue weighted by atomic mass is 32.1. The number of rotatable bonds is 5. The number of anilines is 1. The number of amides is 1. The maximum atomic E-state index is 12.6. The number of hydrogen-bond acceptors (Lipinski definition) is 8. The summed E-state index contributed by atoms with van der Waals surface area (Å²) in [5, 5.41) is 19.9. The molecule has 1 N–H and O–H groups in total. The Morgan fingerprint density at radius 2 is 2.04 bits per heavy atom. The van der Waals surface area contributed by atoms with E-state index in [1.807, 2.05) is 42.5 Å². The van der Waals surface area contributed by atoms with Gasteiger partial charge in [0.05, 0.1) is 18.5 Å². The van der Waals surface area contributed by atoms with Gasteiger partial charge in [-0.2, -0.15) is 0 Å². The van der Waals surface area contributed by atoms with E-state index >= 15 is 0 Å². The van der Waals surface area contributed by atoms with Gasteiger partial charge >= 0.3 is 0 Å². The molecule has 9 nitrogen and oxygen atoms in total. The largest absolute Gasteiger partial charge is 0.497 e. The molecule has 28 heavy (non-hydrogen) atoms. The Labute approximate surface area is 164 Å². The fourth-order valence-electron chi connectivity index (χ4n) is 2.55. The lowest BCUT2D eigenvalue weighted by molar-refractivity contribution is 0.102. The van der Waals surface area contributed by atoms with E-state index in [4.69, 9.17) is 4.74 Å². The van der Waals surface area contributed by atoms with E-state index < -0.39 is 5.91 Å². The molecule has 0 aliphatic heterocycles. The molecule has 3 heterocycles. The number of nitrogens with zero attached hydrogens (tertiary/aromatic N) is 6. The van der Waals surface area contributed by atoms with Crippen molar-refractivity contribution in [3.63, 3.8) is 0 Å². The van der Waals surface area contributed by atoms with Crippen LogP contribution in [0.4, 0.5) is 5.13 Å². The number of aromatic nitrogens is 6. The molecule has 4 aromatic rings. The molecular formula is C18H15N7O2S. The summed E-state index contributed by atoms with van der Waals surface area (Å²) in [6.07, 6.45) is 1.68. The van der Waals surface area contributed by atoms with Crippen LogP contribution >= 0.6 is 11.3 Å². The lowest BCUT2D eigenvalue weighted by atomic mass is 10.2. The Kier molecular flexibility index (Phi) is 4.77. The van der Waals surface area contributed by atoms with E-state index in [1.165, 1.54) is 11.3 Å². The summed E-state index contributed by atoms with van der Waals surface area (Å²) < 4.78 is 6.81. The van der Waals surface area contributed by atoms with E-state index in [2.05, 4.69) is 30.8 Å². The minimum absolute atomic E-state index is 0.206. The third kappa shape index (κ3) is 3.45. The van der Waals surface area contributed by atoms with Crippen LogP contribution in [-0.4, -0.2) is 43.2 Å². The van der Waals surface area contributed by atoms with Crippen LogP contribution in [0.15, 0.2) is 48.7 Å². The van der Waals surface area contributed by atoms with Gasteiger partial charge in [0.15, 0.2) is 10.7 Å². The van der Waals surface area contributed by atoms with Gasteiger partial charge in [-0.05, 0) is 31.2 Å². The number of benzene rings is 1. The van der Waals surface area contributed by atoms with E-state index in [0.717, 1.165) is 5.69 Å². The highest BCUT2D eigenvalue weighted by molar-refractivity contribution is 7.18. The summed E-state index contributed by atoms with van der Waals surface area (Å²) in [4.78, 5) is 16.8. The summed E-state index contributed by atoms with van der Waals surface area (Å²) in [6.45, 7) is 1.77. The maximum absolute atomic E-state index is 12.6. The number of nitrogens with one attached hydrogen (secondary N) is 1. The molecule has 0 aliphatic rings. The first-order chi connectivity index (χ1) is 13.7. The van der Waals surface area contributed by atoms with Crippen molar-refractivity contribution in [2.45, 2.75) is 6.92 Å². The summed E-state index contributed by atoms with van der Waals surface area (Å²) in [5.74, 6) is 0.282. The van der Waals surface area contributed by atoms with Crippen molar-refractivity contribution in [2.24, 2.45) is 0 Å². The van der Waals surface area contributed by atoms with Crippen LogP contribution in [0, 0.1) is 6.92 Å². The number of carbonyl (C=O) groups is 1. The van der Waals surface area contributed by atoms with Gasteiger partial charge in [0, 0.05) is 12.3 Å². The fourth-order valence-corrected chi connectivity index (χ4v) is 3.26. The van der Waals surface area contributed by atoms with E-state index in [-0.39, 0.29) is 5.69 Å². The van der Waals surface area contributed by atoms with E-state index in [1.54, 1.807) is 24.9 Å². The Balaban J connectivity index is 1.55. The third-order valence-corrected chi connectivity index (χ3v) is 4.80. The summed E-state index contributed by atoms with van der Waals surface area (Å²) in [5.41, 5.74) is 2.25. The van der Waals surface area contributed by atoms with Crippen LogP contribution < -0.4 is 10.1 Å². The molecule has 0 bridgehead atoms. The SMILES string of the molecule is COc1cccc(-n2nnc(C(=O)Nc3nnc(-c4ccccn4)s3)c2C)c1. The first kappa shape index (κ1) is 17.7. The second kappa shape index (κ2) is 7.53. The Bertz CT molecular complexity index is 1120. The normalized spacial score (nSPS) is 10.6. The zero-order chi connectivity index (χ0) is 19.5. The average molecular weight is 393 g/mol. The first-order valence-electron chi connectivity index (χ1n) is 8.28. The number of methoxy groups -OCH3 is 1. The second-order valence-electron chi connectivity index (χ2n) is 5.72. The Hall–Kier alpha value is -3.66. The van der Waals surface area contributed by atoms with Crippen molar-refractivity contribution in [1.82, 2.24) is 30.2 Å². The molecule has 1 aromatic carbocycles. The predicted molar refractivity (Wildman–Crippen MR) is 104 cm³/mol. The molecule has 0 aliphatic carbocycles. The quantitative estimate of drug-likeness (QED) is 0.555. The Morgan fingerprint density at radius 3 is 2.82 bits per heavy atom. The molecule has 1 amide bonds. The standard InChI is InChI=1S/C18H15N7O2S/c1-11-15(21-24-25(11)12-6-5-7-13(10-12)27-2)16(26)20-18-23-22-17(28-18)14-8-3-4-9-19-14/h3-10H,1-2H3,(H,20,23,26). The summed E-state index contributed by atoms with van der Waals surface area (Å²) >= 11 is 1.23. The summed E-state index contributed by atoms with van der Waals surface area (Å²) in [7, 11) is 1.59. The highest BCUT2D eigenvalue weighted by Crippen LogP contribution is 2.25. The van der Waals surface area contributed by atoms with Gasteiger partial charge in [0.1, 0.15) is 11.4 Å². The number of carbonyl (C=O) groups excluding carboxylic acids is 1. The molecule has 0 unspecified atom stereocenters. The molecule has 140 valence electrons. The van der Waals surface area contributed by atoms with Crippen LogP contribution in [0.25, 0.3) is 16.4 Å². The highest BCUT2D eigenvalue weighted by Gasteiger charge is 2.19. The van der Waals surface area contributed by atoms with Gasteiger partial charge in [-0.25, -0.2) is 4.68 Å². The lowest BCUT2D eigenvalue weighted by Crippen LogP contribution is -2.14. The van der Waals surface area contributed by atoms with Crippen LogP contribution in [0.1, 0.15) is 16.2 Å². The molecule has 4 rings (SSSR count). The van der Waals surface area contributed by atoms with Gasteiger partial charge in [-0.15, -0.1) is 15.3 Å². The second-order valence-corrected chi connectivity index (χ2v) is 6.70. The smallest absolute Gasteiger partial charge is 0.279 e. The number of hydrogen-bond donors (Lipinski definition) is 1. The van der Waals surface area contributed by atoms with Crippen LogP contribution in [0.3, 0.4) is 0 Å². The van der Waals surface area contributed by atoms with Gasteiger partial charge < -0.3 is 4.74 Å². The maximum Gasteiger partial charge on any atom is 0.279 e. The number of ether oxygens (including phenoxy) is 1. The predicted octanol–water partition coefficient (Wildman–Crippen LogP) is 2.75. The fraction of sp³-hybridized carbons (Fsp3) is 0.111. The van der Waals surface area contributed by atoms with Crippen LogP contribution in [0.2, 0.25) is 0 Å². The van der Waals surface area contributed by atoms with Crippen molar-refractivity contribution in [2.75, 3.05) is 12.4 Å². The third-order valence-electron chi connectivity index (χ3n) is 3.94.